The van der Waals surface area contributed by atoms with E-state index in [0.29, 0.717) is 0 Å². The van der Waals surface area contributed by atoms with E-state index < -0.39 is 67.2 Å². The quantitative estimate of drug-likeness (QED) is 0.323. The van der Waals surface area contributed by atoms with Crippen LogP contribution in [0.25, 0.3) is 11.0 Å². The van der Waals surface area contributed by atoms with Crippen LogP contribution in [-0.4, -0.2) is 51.6 Å². The largest absolute Gasteiger partial charge is 0.469 e. The van der Waals surface area contributed by atoms with Crippen LogP contribution in [0.1, 0.15) is 71.6 Å². The van der Waals surface area contributed by atoms with Crippen molar-refractivity contribution in [3.63, 3.8) is 0 Å². The third-order valence-electron chi connectivity index (χ3n) is 6.60. The number of halogens is 5. The lowest BCUT2D eigenvalue weighted by atomic mass is 9.81. The van der Waals surface area contributed by atoms with Crippen LogP contribution in [0, 0.1) is 18.7 Å². The lowest BCUT2D eigenvalue weighted by Gasteiger charge is -2.33. The Balaban J connectivity index is 1.72. The molecule has 0 bridgehead atoms. The standard InChI is InChI=1S/C23H24F5N5O4/c1-10-17(33-37-32-10)21(34)31-18(11-5-7-23(27,28)8-6-11)20-29-14-4-3-12(16(26)19(14)30-20)13(9-15(24)25)22(35)36-2/h3-4,11,13,15,18H,5-9H2,1-2H3,(H,29,30)(H,31,34)/t13?,18-/m0/s1. The number of imidazole rings is 1. The zero-order valence-corrected chi connectivity index (χ0v) is 19.9. The number of aromatic amines is 1. The number of alkyl halides is 4. The second kappa shape index (κ2) is 10.4. The van der Waals surface area contributed by atoms with Gasteiger partial charge in [0, 0.05) is 24.8 Å². The molecular weight excluding hydrogens is 505 g/mol. The molecule has 2 aromatic heterocycles. The van der Waals surface area contributed by atoms with Crippen molar-refractivity contribution in [2.45, 2.75) is 63.3 Å². The number of aromatic nitrogens is 4. The van der Waals surface area contributed by atoms with E-state index in [1.807, 2.05) is 0 Å². The lowest BCUT2D eigenvalue weighted by Crippen LogP contribution is -2.38. The number of amides is 1. The van der Waals surface area contributed by atoms with Gasteiger partial charge < -0.3 is 15.0 Å². The van der Waals surface area contributed by atoms with Gasteiger partial charge in [-0.2, -0.15) is 0 Å². The van der Waals surface area contributed by atoms with Crippen molar-refractivity contribution in [3.8, 4) is 0 Å². The summed E-state index contributed by atoms with van der Waals surface area (Å²) in [6.07, 6.45) is -4.54. The molecule has 1 unspecified atom stereocenters. The van der Waals surface area contributed by atoms with E-state index in [1.54, 1.807) is 0 Å². The summed E-state index contributed by atoms with van der Waals surface area (Å²) in [5.74, 6) is -7.52. The number of nitrogens with one attached hydrogen (secondary N) is 2. The Morgan fingerprint density at radius 3 is 2.54 bits per heavy atom. The summed E-state index contributed by atoms with van der Waals surface area (Å²) < 4.78 is 78.4. The van der Waals surface area contributed by atoms with Crippen LogP contribution in [0.2, 0.25) is 0 Å². The Kier molecular flexibility index (Phi) is 7.46. The van der Waals surface area contributed by atoms with Gasteiger partial charge in [0.1, 0.15) is 17.0 Å². The molecule has 9 nitrogen and oxygen atoms in total. The fraction of sp³-hybridized carbons (Fsp3) is 0.522. The number of benzene rings is 1. The number of carbonyl (C=O) groups excluding carboxylic acids is 2. The predicted octanol–water partition coefficient (Wildman–Crippen LogP) is 4.60. The van der Waals surface area contributed by atoms with E-state index in [-0.39, 0.29) is 46.7 Å². The van der Waals surface area contributed by atoms with E-state index in [4.69, 9.17) is 0 Å². The van der Waals surface area contributed by atoms with Crippen molar-refractivity contribution in [1.82, 2.24) is 25.6 Å². The van der Waals surface area contributed by atoms with E-state index in [9.17, 15) is 27.2 Å². The summed E-state index contributed by atoms with van der Waals surface area (Å²) in [5, 5.41) is 9.82. The van der Waals surface area contributed by atoms with Crippen LogP contribution < -0.4 is 5.32 Å². The van der Waals surface area contributed by atoms with E-state index >= 15 is 4.39 Å². The maximum Gasteiger partial charge on any atom is 0.313 e. The first-order chi connectivity index (χ1) is 17.5. The Morgan fingerprint density at radius 1 is 1.24 bits per heavy atom. The number of rotatable bonds is 8. The summed E-state index contributed by atoms with van der Waals surface area (Å²) in [5.41, 5.74) is -0.310. The molecular formula is C23H24F5N5O4. The van der Waals surface area contributed by atoms with Crippen LogP contribution in [0.15, 0.2) is 16.8 Å². The number of hydrogen-bond acceptors (Lipinski definition) is 7. The highest BCUT2D eigenvalue weighted by atomic mass is 19.3. The van der Waals surface area contributed by atoms with Gasteiger partial charge in [-0.05, 0) is 36.9 Å². The highest BCUT2D eigenvalue weighted by molar-refractivity contribution is 5.93. The van der Waals surface area contributed by atoms with Crippen LogP contribution in [0.5, 0.6) is 0 Å². The molecule has 1 aliphatic rings. The molecule has 1 saturated carbocycles. The molecule has 0 saturated heterocycles. The van der Waals surface area contributed by atoms with Crippen molar-refractivity contribution in [2.24, 2.45) is 5.92 Å². The molecule has 1 fully saturated rings. The molecule has 2 N–H and O–H groups in total. The number of esters is 1. The van der Waals surface area contributed by atoms with Gasteiger partial charge in [-0.25, -0.2) is 31.6 Å². The highest BCUT2D eigenvalue weighted by Gasteiger charge is 2.40. The van der Waals surface area contributed by atoms with Gasteiger partial charge in [0.25, 0.3) is 5.91 Å². The molecule has 0 radical (unpaired) electrons. The second-order valence-corrected chi connectivity index (χ2v) is 9.03. The molecule has 1 aromatic carbocycles. The predicted molar refractivity (Wildman–Crippen MR) is 118 cm³/mol. The summed E-state index contributed by atoms with van der Waals surface area (Å²) >= 11 is 0. The van der Waals surface area contributed by atoms with Gasteiger partial charge in [0.15, 0.2) is 11.5 Å². The molecule has 37 heavy (non-hydrogen) atoms. The van der Waals surface area contributed by atoms with Crippen LogP contribution in [0.4, 0.5) is 22.0 Å². The van der Waals surface area contributed by atoms with Crippen LogP contribution in [0.3, 0.4) is 0 Å². The molecule has 2 atom stereocenters. The minimum atomic E-state index is -2.90. The summed E-state index contributed by atoms with van der Waals surface area (Å²) in [6.45, 7) is 1.50. The zero-order valence-electron chi connectivity index (χ0n) is 19.9. The minimum absolute atomic E-state index is 0.0531. The maximum absolute atomic E-state index is 15.5. The van der Waals surface area contributed by atoms with Gasteiger partial charge in [-0.15, -0.1) is 0 Å². The first-order valence-electron chi connectivity index (χ1n) is 11.5. The highest BCUT2D eigenvalue weighted by Crippen LogP contribution is 2.41. The fourth-order valence-corrected chi connectivity index (χ4v) is 4.62. The Labute approximate surface area is 207 Å². The Bertz CT molecular complexity index is 1280. The molecule has 1 aliphatic carbocycles. The smallest absolute Gasteiger partial charge is 0.313 e. The van der Waals surface area contributed by atoms with Gasteiger partial charge in [0.05, 0.1) is 24.6 Å². The first-order valence-corrected chi connectivity index (χ1v) is 11.5. The van der Waals surface area contributed by atoms with Gasteiger partial charge in [-0.1, -0.05) is 11.2 Å². The number of ether oxygens (including phenoxy) is 1. The zero-order chi connectivity index (χ0) is 26.9. The molecule has 3 aromatic rings. The van der Waals surface area contributed by atoms with Crippen molar-refractivity contribution >= 4 is 22.9 Å². The SMILES string of the molecule is COC(=O)C(CC(F)F)c1ccc2[nH]c([C@@H](NC(=O)c3nonc3C)C3CCC(F)(F)CC3)nc2c1F. The Hall–Kier alpha value is -3.58. The second-order valence-electron chi connectivity index (χ2n) is 9.03. The molecule has 2 heterocycles. The number of H-pyrrole nitrogens is 1. The number of fused-ring (bicyclic) bond motifs is 1. The third-order valence-corrected chi connectivity index (χ3v) is 6.60. The number of carbonyl (C=O) groups is 2. The number of methoxy groups -OCH3 is 1. The molecule has 14 heteroatoms. The summed E-state index contributed by atoms with van der Waals surface area (Å²) in [7, 11) is 1.01. The van der Waals surface area contributed by atoms with Crippen molar-refractivity contribution in [1.29, 1.82) is 0 Å². The molecule has 0 aliphatic heterocycles. The lowest BCUT2D eigenvalue weighted by molar-refractivity contribution is -0.143. The van der Waals surface area contributed by atoms with E-state index in [1.165, 1.54) is 19.1 Å². The molecule has 4 rings (SSSR count). The van der Waals surface area contributed by atoms with E-state index in [0.717, 1.165) is 7.11 Å². The number of nitrogens with zero attached hydrogens (tertiary/aromatic N) is 3. The van der Waals surface area contributed by atoms with Crippen LogP contribution in [-0.2, 0) is 9.53 Å². The van der Waals surface area contributed by atoms with Crippen molar-refractivity contribution < 1.29 is 40.9 Å². The summed E-state index contributed by atoms with van der Waals surface area (Å²) in [6, 6.07) is 1.61. The molecule has 0 spiro atoms. The van der Waals surface area contributed by atoms with Gasteiger partial charge >= 0.3 is 5.97 Å². The van der Waals surface area contributed by atoms with E-state index in [2.05, 4.69) is 35.0 Å². The first kappa shape index (κ1) is 26.5. The Morgan fingerprint density at radius 2 is 1.95 bits per heavy atom. The van der Waals surface area contributed by atoms with Crippen LogP contribution >= 0.6 is 0 Å². The minimum Gasteiger partial charge on any atom is -0.469 e. The topological polar surface area (TPSA) is 123 Å². The monoisotopic (exact) mass is 529 g/mol. The van der Waals surface area contributed by atoms with Crippen molar-refractivity contribution in [3.05, 3.63) is 40.7 Å². The fourth-order valence-electron chi connectivity index (χ4n) is 4.62. The molecule has 200 valence electrons. The third kappa shape index (κ3) is 5.57. The maximum atomic E-state index is 15.5. The molecule has 1 amide bonds. The van der Waals surface area contributed by atoms with Gasteiger partial charge in [-0.3, -0.25) is 9.59 Å². The average molecular weight is 529 g/mol. The normalized spacial score (nSPS) is 17.6. The van der Waals surface area contributed by atoms with Gasteiger partial charge in [0.2, 0.25) is 12.3 Å². The number of hydrogen-bond donors (Lipinski definition) is 2. The number of aryl methyl sites for hydroxylation is 1. The van der Waals surface area contributed by atoms with Crippen molar-refractivity contribution in [2.75, 3.05) is 7.11 Å². The summed E-state index contributed by atoms with van der Waals surface area (Å²) in [4.78, 5) is 32.1. The average Bonchev–Trinajstić information content (AvgIpc) is 3.48.